The zero-order chi connectivity index (χ0) is 16.2. The summed E-state index contributed by atoms with van der Waals surface area (Å²) >= 11 is 5.95. The maximum atomic E-state index is 12.3. The van der Waals surface area contributed by atoms with Gasteiger partial charge in [0.15, 0.2) is 5.15 Å². The van der Waals surface area contributed by atoms with Crippen LogP contribution in [0, 0.1) is 6.92 Å². The minimum atomic E-state index is -0.156. The molecule has 0 radical (unpaired) electrons. The Hall–Kier alpha value is -2.12. The Morgan fingerprint density at radius 2 is 2.17 bits per heavy atom. The van der Waals surface area contributed by atoms with Gasteiger partial charge >= 0.3 is 6.03 Å². The highest BCUT2D eigenvalue weighted by atomic mass is 35.5. The quantitative estimate of drug-likeness (QED) is 0.872. The second-order valence-electron chi connectivity index (χ2n) is 5.46. The Morgan fingerprint density at radius 1 is 1.39 bits per heavy atom. The van der Waals surface area contributed by atoms with Gasteiger partial charge < -0.3 is 14.7 Å². The number of nitrogens with one attached hydrogen (secondary N) is 1. The van der Waals surface area contributed by atoms with Gasteiger partial charge in [-0.25, -0.2) is 9.78 Å². The number of pyridine rings is 1. The molecule has 1 fully saturated rings. The summed E-state index contributed by atoms with van der Waals surface area (Å²) in [6, 6.07) is 5.25. The van der Waals surface area contributed by atoms with E-state index in [1.165, 1.54) is 0 Å². The topological polar surface area (TPSA) is 74.5 Å². The van der Waals surface area contributed by atoms with Gasteiger partial charge in [-0.15, -0.1) is 0 Å². The van der Waals surface area contributed by atoms with E-state index in [9.17, 15) is 4.79 Å². The summed E-state index contributed by atoms with van der Waals surface area (Å²) in [7, 11) is 0. The van der Waals surface area contributed by atoms with Crippen LogP contribution >= 0.6 is 11.6 Å². The van der Waals surface area contributed by atoms with Crippen molar-refractivity contribution < 1.29 is 9.32 Å². The first kappa shape index (κ1) is 15.8. The van der Waals surface area contributed by atoms with Gasteiger partial charge in [0.05, 0.1) is 11.4 Å². The molecule has 1 aliphatic rings. The molecule has 7 nitrogen and oxygen atoms in total. The van der Waals surface area contributed by atoms with E-state index in [2.05, 4.69) is 20.4 Å². The van der Waals surface area contributed by atoms with Crippen LogP contribution in [0.5, 0.6) is 0 Å². The monoisotopic (exact) mass is 335 g/mol. The van der Waals surface area contributed by atoms with Crippen molar-refractivity contribution in [2.24, 2.45) is 0 Å². The molecule has 3 heterocycles. The van der Waals surface area contributed by atoms with Crippen LogP contribution < -0.4 is 5.32 Å². The number of halogens is 1. The number of nitrogens with zero attached hydrogens (tertiary/aromatic N) is 4. The van der Waals surface area contributed by atoms with Crippen molar-refractivity contribution in [3.05, 3.63) is 41.0 Å². The number of hydrogen-bond acceptors (Lipinski definition) is 5. The van der Waals surface area contributed by atoms with Crippen molar-refractivity contribution in [2.45, 2.75) is 13.5 Å². The molecule has 0 spiro atoms. The van der Waals surface area contributed by atoms with E-state index in [0.29, 0.717) is 23.9 Å². The van der Waals surface area contributed by atoms with Crippen molar-refractivity contribution in [2.75, 3.05) is 31.5 Å². The zero-order valence-corrected chi connectivity index (χ0v) is 13.6. The maximum Gasteiger partial charge on any atom is 0.322 e. The number of urea groups is 1. The van der Waals surface area contributed by atoms with Crippen LogP contribution in [0.2, 0.25) is 5.15 Å². The van der Waals surface area contributed by atoms with E-state index < -0.39 is 0 Å². The lowest BCUT2D eigenvalue weighted by molar-refractivity contribution is 0.141. The predicted octanol–water partition coefficient (Wildman–Crippen LogP) is 2.38. The van der Waals surface area contributed by atoms with Crippen LogP contribution in [-0.4, -0.2) is 52.2 Å². The molecule has 1 saturated heterocycles. The number of aryl methyl sites for hydroxylation is 1. The number of aromatic nitrogens is 2. The summed E-state index contributed by atoms with van der Waals surface area (Å²) < 4.78 is 5.07. The average molecular weight is 336 g/mol. The lowest BCUT2D eigenvalue weighted by Gasteiger charge is -2.34. The average Bonchev–Trinajstić information content (AvgIpc) is 2.95. The fourth-order valence-corrected chi connectivity index (χ4v) is 2.67. The van der Waals surface area contributed by atoms with Gasteiger partial charge in [0.25, 0.3) is 0 Å². The summed E-state index contributed by atoms with van der Waals surface area (Å²) in [6.07, 6.45) is 1.59. The molecule has 8 heteroatoms. The third-order valence-corrected chi connectivity index (χ3v) is 4.02. The Morgan fingerprint density at radius 3 is 2.83 bits per heavy atom. The third kappa shape index (κ3) is 4.00. The van der Waals surface area contributed by atoms with Gasteiger partial charge in [-0.3, -0.25) is 4.90 Å². The normalized spacial score (nSPS) is 15.7. The number of carbonyl (C=O) groups is 1. The number of hydrogen-bond donors (Lipinski definition) is 1. The first-order valence-electron chi connectivity index (χ1n) is 7.43. The second kappa shape index (κ2) is 6.97. The maximum absolute atomic E-state index is 12.3. The molecular weight excluding hydrogens is 318 g/mol. The van der Waals surface area contributed by atoms with Crippen molar-refractivity contribution in [3.8, 4) is 0 Å². The van der Waals surface area contributed by atoms with Crippen LogP contribution in [0.3, 0.4) is 0 Å². The number of anilines is 1. The van der Waals surface area contributed by atoms with Gasteiger partial charge in [0, 0.05) is 45.0 Å². The number of piperazine rings is 1. The highest BCUT2D eigenvalue weighted by Gasteiger charge is 2.22. The number of carbonyl (C=O) groups excluding carboxylic acids is 1. The molecular formula is C15H18ClN5O2. The van der Waals surface area contributed by atoms with Gasteiger partial charge in [0.2, 0.25) is 0 Å². The largest absolute Gasteiger partial charge is 0.361 e. The number of amides is 2. The third-order valence-electron chi connectivity index (χ3n) is 3.72. The second-order valence-corrected chi connectivity index (χ2v) is 5.82. The molecule has 122 valence electrons. The molecule has 2 aromatic rings. The highest BCUT2D eigenvalue weighted by Crippen LogP contribution is 2.18. The van der Waals surface area contributed by atoms with Gasteiger partial charge in [-0.1, -0.05) is 16.8 Å². The van der Waals surface area contributed by atoms with Crippen molar-refractivity contribution in [1.29, 1.82) is 0 Å². The van der Waals surface area contributed by atoms with Gasteiger partial charge in [-0.05, 0) is 19.1 Å². The summed E-state index contributed by atoms with van der Waals surface area (Å²) in [5.41, 5.74) is 1.45. The first-order chi connectivity index (χ1) is 11.1. The first-order valence-corrected chi connectivity index (χ1v) is 7.80. The molecule has 0 aliphatic carbocycles. The lowest BCUT2D eigenvalue weighted by Crippen LogP contribution is -2.49. The van der Waals surface area contributed by atoms with Crippen LogP contribution in [0.15, 0.2) is 28.9 Å². The van der Waals surface area contributed by atoms with Crippen LogP contribution in [0.25, 0.3) is 0 Å². The molecule has 23 heavy (non-hydrogen) atoms. The SMILES string of the molecule is Cc1cc(CN2CCN(C(=O)Nc3cccnc3Cl)CC2)no1. The van der Waals surface area contributed by atoms with Gasteiger partial charge in [0.1, 0.15) is 5.76 Å². The van der Waals surface area contributed by atoms with Crippen molar-refractivity contribution >= 4 is 23.3 Å². The van der Waals surface area contributed by atoms with Crippen LogP contribution in [0.4, 0.5) is 10.5 Å². The fourth-order valence-electron chi connectivity index (χ4n) is 2.50. The van der Waals surface area contributed by atoms with Gasteiger partial charge in [-0.2, -0.15) is 0 Å². The Kier molecular flexibility index (Phi) is 4.78. The smallest absolute Gasteiger partial charge is 0.322 e. The lowest BCUT2D eigenvalue weighted by atomic mass is 10.3. The molecule has 1 aliphatic heterocycles. The molecule has 2 aromatic heterocycles. The molecule has 3 rings (SSSR count). The predicted molar refractivity (Wildman–Crippen MR) is 86.4 cm³/mol. The van der Waals surface area contributed by atoms with E-state index in [0.717, 1.165) is 31.1 Å². The van der Waals surface area contributed by atoms with E-state index in [1.54, 1.807) is 23.2 Å². The van der Waals surface area contributed by atoms with Crippen LogP contribution in [-0.2, 0) is 6.54 Å². The Labute approximate surface area is 139 Å². The Balaban J connectivity index is 1.50. The highest BCUT2D eigenvalue weighted by molar-refractivity contribution is 6.32. The molecule has 0 unspecified atom stereocenters. The number of rotatable bonds is 3. The fraction of sp³-hybridized carbons (Fsp3) is 0.400. The molecule has 2 amide bonds. The molecule has 1 N–H and O–H groups in total. The molecule has 0 aromatic carbocycles. The minimum absolute atomic E-state index is 0.156. The van der Waals surface area contributed by atoms with E-state index in [1.807, 2.05) is 13.0 Å². The van der Waals surface area contributed by atoms with E-state index >= 15 is 0 Å². The van der Waals surface area contributed by atoms with Crippen molar-refractivity contribution in [1.82, 2.24) is 19.9 Å². The van der Waals surface area contributed by atoms with E-state index in [-0.39, 0.29) is 6.03 Å². The minimum Gasteiger partial charge on any atom is -0.361 e. The van der Waals surface area contributed by atoms with Crippen LogP contribution in [0.1, 0.15) is 11.5 Å². The molecule has 0 bridgehead atoms. The molecule has 0 atom stereocenters. The van der Waals surface area contributed by atoms with Crippen molar-refractivity contribution in [3.63, 3.8) is 0 Å². The van der Waals surface area contributed by atoms with E-state index in [4.69, 9.17) is 16.1 Å². The standard InChI is InChI=1S/C15H18ClN5O2/c1-11-9-12(19-23-11)10-20-5-7-21(8-6-20)15(22)18-13-3-2-4-17-14(13)16/h2-4,9H,5-8,10H2,1H3,(H,18,22). The molecule has 0 saturated carbocycles. The summed E-state index contributed by atoms with van der Waals surface area (Å²) in [5.74, 6) is 0.811. The zero-order valence-electron chi connectivity index (χ0n) is 12.8. The summed E-state index contributed by atoms with van der Waals surface area (Å²) in [4.78, 5) is 20.2. The summed E-state index contributed by atoms with van der Waals surface area (Å²) in [6.45, 7) is 5.50. The Bertz CT molecular complexity index is 682. The summed E-state index contributed by atoms with van der Waals surface area (Å²) in [5, 5.41) is 7.09.